The predicted molar refractivity (Wildman–Crippen MR) is 77.9 cm³/mol. The molecule has 2 saturated heterocycles. The van der Waals surface area contributed by atoms with Crippen molar-refractivity contribution in [2.24, 2.45) is 0 Å². The molecule has 0 aromatic heterocycles. The molecule has 0 bridgehead atoms. The minimum atomic E-state index is -0.0766. The summed E-state index contributed by atoms with van der Waals surface area (Å²) in [5, 5.41) is 6.04. The zero-order chi connectivity index (χ0) is 13.5. The van der Waals surface area contributed by atoms with Gasteiger partial charge in [-0.3, -0.25) is 9.59 Å². The molecular formula is C13H24ClN3O3. The van der Waals surface area contributed by atoms with Crippen LogP contribution in [0.2, 0.25) is 0 Å². The minimum absolute atomic E-state index is 0. The van der Waals surface area contributed by atoms with Gasteiger partial charge in [0.05, 0.1) is 19.3 Å². The van der Waals surface area contributed by atoms with Gasteiger partial charge in [0.1, 0.15) is 0 Å². The maximum atomic E-state index is 11.9. The van der Waals surface area contributed by atoms with Crippen LogP contribution < -0.4 is 10.6 Å². The van der Waals surface area contributed by atoms with Crippen LogP contribution in [0.3, 0.4) is 0 Å². The van der Waals surface area contributed by atoms with E-state index in [-0.39, 0.29) is 30.3 Å². The number of morpholine rings is 1. The van der Waals surface area contributed by atoms with Crippen molar-refractivity contribution >= 4 is 24.2 Å². The summed E-state index contributed by atoms with van der Waals surface area (Å²) in [6.45, 7) is 3.89. The molecule has 20 heavy (non-hydrogen) atoms. The van der Waals surface area contributed by atoms with E-state index in [1.807, 2.05) is 0 Å². The SMILES string of the molecule is Cl.O=C(NCCC(=O)N1CCOCC1)C1CCCCN1. The third-order valence-corrected chi connectivity index (χ3v) is 3.63. The third-order valence-electron chi connectivity index (χ3n) is 3.63. The highest BCUT2D eigenvalue weighted by molar-refractivity contribution is 5.85. The van der Waals surface area contributed by atoms with Crippen LogP contribution in [0.1, 0.15) is 25.7 Å². The number of hydrogen-bond acceptors (Lipinski definition) is 4. The minimum Gasteiger partial charge on any atom is -0.378 e. The molecule has 0 saturated carbocycles. The van der Waals surface area contributed by atoms with E-state index in [0.29, 0.717) is 39.3 Å². The fourth-order valence-corrected chi connectivity index (χ4v) is 2.46. The van der Waals surface area contributed by atoms with Crippen molar-refractivity contribution in [1.29, 1.82) is 0 Å². The van der Waals surface area contributed by atoms with Crippen LogP contribution in [0.4, 0.5) is 0 Å². The van der Waals surface area contributed by atoms with Crippen LogP contribution in [-0.4, -0.2) is 62.1 Å². The van der Waals surface area contributed by atoms with E-state index in [1.54, 1.807) is 4.90 Å². The number of hydrogen-bond donors (Lipinski definition) is 2. The van der Waals surface area contributed by atoms with E-state index in [1.165, 1.54) is 0 Å². The van der Waals surface area contributed by atoms with Crippen LogP contribution >= 0.6 is 12.4 Å². The average Bonchev–Trinajstić information content (AvgIpc) is 2.49. The van der Waals surface area contributed by atoms with E-state index >= 15 is 0 Å². The van der Waals surface area contributed by atoms with Crippen molar-refractivity contribution in [2.45, 2.75) is 31.7 Å². The molecule has 1 unspecified atom stereocenters. The summed E-state index contributed by atoms with van der Waals surface area (Å²) >= 11 is 0. The van der Waals surface area contributed by atoms with Gasteiger partial charge in [-0.25, -0.2) is 0 Å². The number of carbonyl (C=O) groups excluding carboxylic acids is 2. The molecule has 0 aromatic rings. The molecule has 2 fully saturated rings. The Hall–Kier alpha value is -0.850. The Morgan fingerprint density at radius 2 is 2.00 bits per heavy atom. The summed E-state index contributed by atoms with van der Waals surface area (Å²) in [6.07, 6.45) is 3.50. The molecule has 0 aromatic carbocycles. The smallest absolute Gasteiger partial charge is 0.237 e. The molecule has 2 amide bonds. The summed E-state index contributed by atoms with van der Waals surface area (Å²) in [4.78, 5) is 25.5. The molecule has 2 rings (SSSR count). The summed E-state index contributed by atoms with van der Waals surface area (Å²) < 4.78 is 5.20. The number of ether oxygens (including phenoxy) is 1. The number of halogens is 1. The first-order chi connectivity index (χ1) is 9.27. The van der Waals surface area contributed by atoms with Gasteiger partial charge in [0.2, 0.25) is 11.8 Å². The molecule has 116 valence electrons. The van der Waals surface area contributed by atoms with Crippen LogP contribution in [0.25, 0.3) is 0 Å². The highest BCUT2D eigenvalue weighted by Gasteiger charge is 2.21. The number of carbonyl (C=O) groups is 2. The van der Waals surface area contributed by atoms with E-state index in [9.17, 15) is 9.59 Å². The molecule has 2 N–H and O–H groups in total. The number of piperidine rings is 1. The number of nitrogens with one attached hydrogen (secondary N) is 2. The van der Waals surface area contributed by atoms with Gasteiger partial charge in [-0.15, -0.1) is 12.4 Å². The van der Waals surface area contributed by atoms with Gasteiger partial charge >= 0.3 is 0 Å². The Balaban J connectivity index is 0.00000200. The standard InChI is InChI=1S/C13H23N3O3.ClH/c17-12(16-7-9-19-10-8-16)4-6-15-13(18)11-3-1-2-5-14-11;/h11,14H,1-10H2,(H,15,18);1H. The second-order valence-electron chi connectivity index (χ2n) is 5.04. The second-order valence-corrected chi connectivity index (χ2v) is 5.04. The predicted octanol–water partition coefficient (Wildman–Crippen LogP) is -0.0846. The van der Waals surface area contributed by atoms with Crippen molar-refractivity contribution in [3.63, 3.8) is 0 Å². The Morgan fingerprint density at radius 1 is 1.25 bits per heavy atom. The monoisotopic (exact) mass is 305 g/mol. The van der Waals surface area contributed by atoms with E-state index < -0.39 is 0 Å². The zero-order valence-corrected chi connectivity index (χ0v) is 12.5. The maximum Gasteiger partial charge on any atom is 0.237 e. The quantitative estimate of drug-likeness (QED) is 0.762. The van der Waals surface area contributed by atoms with Crippen LogP contribution in [0, 0.1) is 0 Å². The summed E-state index contributed by atoms with van der Waals surface area (Å²) in [6, 6.07) is -0.0766. The van der Waals surface area contributed by atoms with Gasteiger partial charge < -0.3 is 20.3 Å². The molecular weight excluding hydrogens is 282 g/mol. The third kappa shape index (κ3) is 5.26. The van der Waals surface area contributed by atoms with Crippen LogP contribution in [0.5, 0.6) is 0 Å². The molecule has 0 radical (unpaired) electrons. The topological polar surface area (TPSA) is 70.7 Å². The summed E-state index contributed by atoms with van der Waals surface area (Å²) in [7, 11) is 0. The van der Waals surface area contributed by atoms with Gasteiger partial charge in [-0.05, 0) is 19.4 Å². The Labute approximate surface area is 126 Å². The van der Waals surface area contributed by atoms with Gasteiger partial charge in [0, 0.05) is 26.1 Å². The van der Waals surface area contributed by atoms with Gasteiger partial charge in [-0.1, -0.05) is 6.42 Å². The highest BCUT2D eigenvalue weighted by Crippen LogP contribution is 2.06. The lowest BCUT2D eigenvalue weighted by atomic mass is 10.0. The van der Waals surface area contributed by atoms with Gasteiger partial charge in [0.15, 0.2) is 0 Å². The zero-order valence-electron chi connectivity index (χ0n) is 11.7. The first kappa shape index (κ1) is 17.2. The molecule has 2 aliphatic rings. The number of amides is 2. The Bertz CT molecular complexity index is 286. The average molecular weight is 306 g/mol. The summed E-state index contributed by atoms with van der Waals surface area (Å²) in [5.74, 6) is 0.120. The van der Waals surface area contributed by atoms with Crippen molar-refractivity contribution < 1.29 is 14.3 Å². The lowest BCUT2D eigenvalue weighted by molar-refractivity contribution is -0.135. The van der Waals surface area contributed by atoms with E-state index in [0.717, 1.165) is 25.8 Å². The molecule has 6 nitrogen and oxygen atoms in total. The fourth-order valence-electron chi connectivity index (χ4n) is 2.46. The first-order valence-corrected chi connectivity index (χ1v) is 7.14. The van der Waals surface area contributed by atoms with Crippen LogP contribution in [-0.2, 0) is 14.3 Å². The van der Waals surface area contributed by atoms with Gasteiger partial charge in [0.25, 0.3) is 0 Å². The Morgan fingerprint density at radius 3 is 2.65 bits per heavy atom. The van der Waals surface area contributed by atoms with Crippen molar-refractivity contribution in [1.82, 2.24) is 15.5 Å². The Kier molecular flexibility index (Phi) is 7.87. The van der Waals surface area contributed by atoms with Crippen molar-refractivity contribution in [2.75, 3.05) is 39.4 Å². The molecule has 1 atom stereocenters. The molecule has 2 aliphatic heterocycles. The first-order valence-electron chi connectivity index (χ1n) is 7.14. The fraction of sp³-hybridized carbons (Fsp3) is 0.846. The van der Waals surface area contributed by atoms with Gasteiger partial charge in [-0.2, -0.15) is 0 Å². The van der Waals surface area contributed by atoms with E-state index in [4.69, 9.17) is 4.74 Å². The molecule has 7 heteroatoms. The largest absolute Gasteiger partial charge is 0.378 e. The summed E-state index contributed by atoms with van der Waals surface area (Å²) in [5.41, 5.74) is 0. The molecule has 0 aliphatic carbocycles. The van der Waals surface area contributed by atoms with Crippen LogP contribution in [0.15, 0.2) is 0 Å². The molecule has 0 spiro atoms. The highest BCUT2D eigenvalue weighted by atomic mass is 35.5. The lowest BCUT2D eigenvalue weighted by Gasteiger charge is -2.27. The lowest BCUT2D eigenvalue weighted by Crippen LogP contribution is -2.47. The normalized spacial score (nSPS) is 22.8. The second kappa shape index (κ2) is 9.15. The number of nitrogens with zero attached hydrogens (tertiary/aromatic N) is 1. The van der Waals surface area contributed by atoms with Crippen molar-refractivity contribution in [3.05, 3.63) is 0 Å². The molecule has 2 heterocycles. The number of rotatable bonds is 4. The maximum absolute atomic E-state index is 11.9. The van der Waals surface area contributed by atoms with E-state index in [2.05, 4.69) is 10.6 Å². The van der Waals surface area contributed by atoms with Crippen molar-refractivity contribution in [3.8, 4) is 0 Å².